The highest BCUT2D eigenvalue weighted by atomic mass is 16.6. The lowest BCUT2D eigenvalue weighted by Crippen LogP contribution is -2.33. The van der Waals surface area contributed by atoms with Crippen LogP contribution in [-0.4, -0.2) is 47.7 Å². The fourth-order valence-corrected chi connectivity index (χ4v) is 1.58. The number of esters is 1. The summed E-state index contributed by atoms with van der Waals surface area (Å²) in [6, 6.07) is 0. The van der Waals surface area contributed by atoms with E-state index in [1.807, 2.05) is 0 Å². The molecule has 1 heterocycles. The summed E-state index contributed by atoms with van der Waals surface area (Å²) in [5.41, 5.74) is 0. The zero-order chi connectivity index (χ0) is 12.0. The van der Waals surface area contributed by atoms with Gasteiger partial charge in [-0.1, -0.05) is 19.8 Å². The van der Waals surface area contributed by atoms with E-state index in [1.54, 1.807) is 0 Å². The molecular weight excluding hydrogens is 212 g/mol. The highest BCUT2D eigenvalue weighted by Crippen LogP contribution is 2.14. The van der Waals surface area contributed by atoms with Crippen molar-refractivity contribution in [3.63, 3.8) is 0 Å². The molecule has 0 amide bonds. The molecule has 0 bridgehead atoms. The molecule has 2 N–H and O–H groups in total. The van der Waals surface area contributed by atoms with Gasteiger partial charge < -0.3 is 19.7 Å². The van der Waals surface area contributed by atoms with Crippen LogP contribution >= 0.6 is 0 Å². The summed E-state index contributed by atoms with van der Waals surface area (Å²) < 4.78 is 10.0. The Kier molecular flexibility index (Phi) is 5.73. The highest BCUT2D eigenvalue weighted by Gasteiger charge is 2.35. The molecule has 94 valence electrons. The number of unbranched alkanes of at least 4 members (excludes halogenated alkanes) is 2. The van der Waals surface area contributed by atoms with Crippen LogP contribution in [0.3, 0.4) is 0 Å². The first-order chi connectivity index (χ1) is 7.65. The van der Waals surface area contributed by atoms with Crippen molar-refractivity contribution in [2.24, 2.45) is 0 Å². The number of rotatable bonds is 6. The van der Waals surface area contributed by atoms with Gasteiger partial charge in [0.15, 0.2) is 0 Å². The molecule has 1 aliphatic rings. The van der Waals surface area contributed by atoms with Gasteiger partial charge in [0.25, 0.3) is 0 Å². The predicted molar refractivity (Wildman–Crippen MR) is 56.9 cm³/mol. The minimum Gasteiger partial charge on any atom is -0.463 e. The zero-order valence-corrected chi connectivity index (χ0v) is 9.59. The van der Waals surface area contributed by atoms with Crippen LogP contribution in [0.5, 0.6) is 0 Å². The summed E-state index contributed by atoms with van der Waals surface area (Å²) in [7, 11) is 0. The second-order valence-corrected chi connectivity index (χ2v) is 4.07. The smallest absolute Gasteiger partial charge is 0.305 e. The Labute approximate surface area is 95.4 Å². The van der Waals surface area contributed by atoms with Gasteiger partial charge in [-0.15, -0.1) is 0 Å². The van der Waals surface area contributed by atoms with Crippen molar-refractivity contribution in [1.82, 2.24) is 0 Å². The van der Waals surface area contributed by atoms with Crippen LogP contribution in [0.2, 0.25) is 0 Å². The number of hydrogen-bond acceptors (Lipinski definition) is 5. The van der Waals surface area contributed by atoms with Crippen molar-refractivity contribution in [3.8, 4) is 0 Å². The molecular formula is C11H20O5. The molecule has 0 spiro atoms. The van der Waals surface area contributed by atoms with Gasteiger partial charge in [-0.2, -0.15) is 0 Å². The molecule has 3 atom stereocenters. The van der Waals surface area contributed by atoms with Gasteiger partial charge in [0.1, 0.15) is 24.9 Å². The van der Waals surface area contributed by atoms with Crippen molar-refractivity contribution in [2.75, 3.05) is 13.2 Å². The Morgan fingerprint density at radius 3 is 2.75 bits per heavy atom. The van der Waals surface area contributed by atoms with Crippen molar-refractivity contribution < 1.29 is 24.5 Å². The zero-order valence-electron chi connectivity index (χ0n) is 9.59. The van der Waals surface area contributed by atoms with Gasteiger partial charge in [0.05, 0.1) is 6.61 Å². The first-order valence-corrected chi connectivity index (χ1v) is 5.78. The molecule has 0 unspecified atom stereocenters. The van der Waals surface area contributed by atoms with Crippen molar-refractivity contribution >= 4 is 5.97 Å². The van der Waals surface area contributed by atoms with Gasteiger partial charge >= 0.3 is 5.97 Å². The van der Waals surface area contributed by atoms with E-state index in [0.717, 1.165) is 19.3 Å². The van der Waals surface area contributed by atoms with Crippen LogP contribution in [0.25, 0.3) is 0 Å². The molecule has 1 rings (SSSR count). The standard InChI is InChI=1S/C11H20O5/c1-2-3-4-5-10(13)16-7-9-11(14)8(12)6-15-9/h8-9,11-12,14H,2-7H2,1H3/t8-,9-,11+/m0/s1. The fourth-order valence-electron chi connectivity index (χ4n) is 1.58. The SMILES string of the molecule is CCCCCC(=O)OC[C@@H]1OC[C@H](O)[C@H]1O. The first kappa shape index (κ1) is 13.4. The minimum absolute atomic E-state index is 0.0170. The summed E-state index contributed by atoms with van der Waals surface area (Å²) in [5, 5.41) is 18.6. The van der Waals surface area contributed by atoms with E-state index in [2.05, 4.69) is 6.92 Å². The molecule has 0 aromatic carbocycles. The average Bonchev–Trinajstić information content (AvgIpc) is 2.58. The monoisotopic (exact) mass is 232 g/mol. The lowest BCUT2D eigenvalue weighted by atomic mass is 10.1. The number of ether oxygens (including phenoxy) is 2. The molecule has 0 aromatic rings. The second-order valence-electron chi connectivity index (χ2n) is 4.07. The lowest BCUT2D eigenvalue weighted by Gasteiger charge is -2.14. The third-order valence-electron chi connectivity index (χ3n) is 2.65. The molecule has 5 nitrogen and oxygen atoms in total. The molecule has 1 fully saturated rings. The maximum absolute atomic E-state index is 11.2. The first-order valence-electron chi connectivity index (χ1n) is 5.78. The maximum Gasteiger partial charge on any atom is 0.305 e. The average molecular weight is 232 g/mol. The molecule has 0 aliphatic carbocycles. The number of aliphatic hydroxyl groups is 2. The van der Waals surface area contributed by atoms with E-state index >= 15 is 0 Å². The fraction of sp³-hybridized carbons (Fsp3) is 0.909. The van der Waals surface area contributed by atoms with Crippen molar-refractivity contribution in [2.45, 2.75) is 50.9 Å². The summed E-state index contributed by atoms with van der Waals surface area (Å²) in [5.74, 6) is -0.273. The molecule has 5 heteroatoms. The Hall–Kier alpha value is -0.650. The molecule has 0 radical (unpaired) electrons. The lowest BCUT2D eigenvalue weighted by molar-refractivity contribution is -0.148. The van der Waals surface area contributed by atoms with Crippen LogP contribution < -0.4 is 0 Å². The van der Waals surface area contributed by atoms with E-state index in [4.69, 9.17) is 9.47 Å². The van der Waals surface area contributed by atoms with Gasteiger partial charge in [-0.05, 0) is 6.42 Å². The van der Waals surface area contributed by atoms with Crippen LogP contribution in [0.1, 0.15) is 32.6 Å². The second kappa shape index (κ2) is 6.83. The largest absolute Gasteiger partial charge is 0.463 e. The molecule has 1 saturated heterocycles. The molecule has 0 saturated carbocycles. The quantitative estimate of drug-likeness (QED) is 0.506. The highest BCUT2D eigenvalue weighted by molar-refractivity contribution is 5.69. The third-order valence-corrected chi connectivity index (χ3v) is 2.65. The van der Waals surface area contributed by atoms with Gasteiger partial charge in [0, 0.05) is 6.42 Å². The van der Waals surface area contributed by atoms with Crippen LogP contribution in [-0.2, 0) is 14.3 Å². The molecule has 1 aliphatic heterocycles. The summed E-state index contributed by atoms with van der Waals surface area (Å²) in [6.07, 6.45) is 0.878. The van der Waals surface area contributed by atoms with E-state index in [0.29, 0.717) is 6.42 Å². The predicted octanol–water partition coefficient (Wildman–Crippen LogP) is 0.231. The van der Waals surface area contributed by atoms with Crippen LogP contribution in [0.15, 0.2) is 0 Å². The maximum atomic E-state index is 11.2. The summed E-state index contributed by atoms with van der Waals surface area (Å²) >= 11 is 0. The molecule has 0 aromatic heterocycles. The number of hydrogen-bond donors (Lipinski definition) is 2. The summed E-state index contributed by atoms with van der Waals surface area (Å²) in [6.45, 7) is 2.18. The Morgan fingerprint density at radius 1 is 1.44 bits per heavy atom. The Bertz CT molecular complexity index is 218. The Morgan fingerprint density at radius 2 is 2.19 bits per heavy atom. The number of aliphatic hydroxyl groups excluding tert-OH is 2. The Balaban J connectivity index is 2.12. The van der Waals surface area contributed by atoms with Crippen LogP contribution in [0, 0.1) is 0 Å². The molecule has 16 heavy (non-hydrogen) atoms. The normalized spacial score (nSPS) is 29.3. The topological polar surface area (TPSA) is 76.0 Å². The minimum atomic E-state index is -0.955. The van der Waals surface area contributed by atoms with Crippen LogP contribution in [0.4, 0.5) is 0 Å². The van der Waals surface area contributed by atoms with E-state index in [9.17, 15) is 15.0 Å². The van der Waals surface area contributed by atoms with Gasteiger partial charge in [-0.25, -0.2) is 0 Å². The van der Waals surface area contributed by atoms with Crippen molar-refractivity contribution in [1.29, 1.82) is 0 Å². The number of carbonyl (C=O) groups is 1. The van der Waals surface area contributed by atoms with E-state index < -0.39 is 18.3 Å². The van der Waals surface area contributed by atoms with Gasteiger partial charge in [0.2, 0.25) is 0 Å². The third kappa shape index (κ3) is 4.08. The van der Waals surface area contributed by atoms with Gasteiger partial charge in [-0.3, -0.25) is 4.79 Å². The van der Waals surface area contributed by atoms with E-state index in [1.165, 1.54) is 0 Å². The van der Waals surface area contributed by atoms with E-state index in [-0.39, 0.29) is 19.2 Å². The summed E-state index contributed by atoms with van der Waals surface area (Å²) in [4.78, 5) is 11.2. The van der Waals surface area contributed by atoms with Crippen molar-refractivity contribution in [3.05, 3.63) is 0 Å². The number of carbonyl (C=O) groups excluding carboxylic acids is 1.